The molecule has 1 amide bonds. The van der Waals surface area contributed by atoms with Gasteiger partial charge in [-0.15, -0.1) is 0 Å². The molecular weight excluding hydrogens is 379 g/mol. The number of hydrogen-bond donors (Lipinski definition) is 2. The van der Waals surface area contributed by atoms with Crippen molar-refractivity contribution in [2.45, 2.75) is 32.5 Å². The van der Waals surface area contributed by atoms with E-state index < -0.39 is 23.6 Å². The first-order valence-corrected chi connectivity index (χ1v) is 8.43. The Labute approximate surface area is 159 Å². The minimum absolute atomic E-state index is 0.107. The molecule has 2 rings (SSSR count). The first-order valence-electron chi connectivity index (χ1n) is 8.43. The minimum Gasteiger partial charge on any atom is -0.480 e. The fraction of sp³-hybridized carbons (Fsp3) is 0.412. The van der Waals surface area contributed by atoms with Crippen molar-refractivity contribution in [2.24, 2.45) is 0 Å². The van der Waals surface area contributed by atoms with Crippen LogP contribution < -0.4 is 5.32 Å². The average molecular weight is 399 g/mol. The first kappa shape index (κ1) is 21.4. The quantitative estimate of drug-likeness (QED) is 0.707. The number of rotatable bonds is 8. The molecule has 0 bridgehead atoms. The number of carboxylic acids is 1. The highest BCUT2D eigenvalue weighted by atomic mass is 19.4. The maximum absolute atomic E-state index is 13.1. The van der Waals surface area contributed by atoms with E-state index in [2.05, 4.69) is 15.4 Å². The van der Waals surface area contributed by atoms with Crippen molar-refractivity contribution in [3.8, 4) is 5.69 Å². The van der Waals surface area contributed by atoms with Gasteiger partial charge < -0.3 is 10.4 Å². The molecule has 1 atom stereocenters. The molecule has 0 aliphatic rings. The van der Waals surface area contributed by atoms with Crippen molar-refractivity contribution in [1.29, 1.82) is 0 Å². The molecule has 1 heterocycles. The van der Waals surface area contributed by atoms with Gasteiger partial charge in [0.15, 0.2) is 0 Å². The lowest BCUT2D eigenvalue weighted by Crippen LogP contribution is -2.42. The highest BCUT2D eigenvalue weighted by Gasteiger charge is 2.31. The van der Waals surface area contributed by atoms with E-state index in [0.29, 0.717) is 6.42 Å². The third kappa shape index (κ3) is 5.52. The average Bonchev–Trinajstić information content (AvgIpc) is 3.13. The molecule has 0 aliphatic heterocycles. The normalized spacial score (nSPS) is 12.8. The molecule has 11 heteroatoms. The summed E-state index contributed by atoms with van der Waals surface area (Å²) in [6.07, 6.45) is -1.49. The number of benzene rings is 1. The predicted molar refractivity (Wildman–Crippen MR) is 94.0 cm³/mol. The minimum atomic E-state index is -4.59. The summed E-state index contributed by atoms with van der Waals surface area (Å²) in [7, 11) is 0. The van der Waals surface area contributed by atoms with Crippen molar-refractivity contribution in [3.05, 3.63) is 36.4 Å². The fourth-order valence-electron chi connectivity index (χ4n) is 2.52. The summed E-state index contributed by atoms with van der Waals surface area (Å²) in [5.41, 5.74) is -0.840. The molecule has 0 saturated heterocycles. The molecular formula is C17H20F3N5O3. The Hall–Kier alpha value is -2.95. The topological polar surface area (TPSA) is 100 Å². The Morgan fingerprint density at radius 1 is 1.32 bits per heavy atom. The third-order valence-electron chi connectivity index (χ3n) is 4.16. The lowest BCUT2D eigenvalue weighted by molar-refractivity contribution is -0.139. The van der Waals surface area contributed by atoms with Gasteiger partial charge >= 0.3 is 12.1 Å². The molecule has 0 fully saturated rings. The van der Waals surface area contributed by atoms with Gasteiger partial charge in [0.05, 0.1) is 30.0 Å². The second kappa shape index (κ2) is 8.83. The van der Waals surface area contributed by atoms with Crippen LogP contribution in [0.5, 0.6) is 0 Å². The number of carboxylic acid groups (broad SMARTS) is 1. The van der Waals surface area contributed by atoms with Gasteiger partial charge in [-0.3, -0.25) is 14.5 Å². The number of carbonyl (C=O) groups excluding carboxylic acids is 1. The molecule has 0 aliphatic carbocycles. The molecule has 8 nitrogen and oxygen atoms in total. The molecule has 152 valence electrons. The van der Waals surface area contributed by atoms with Gasteiger partial charge in [-0.1, -0.05) is 6.92 Å². The standard InChI is InChI=1S/C17H20F3N5O3/c1-3-11(2)24(8-16(27)28)7-15(26)23-13-6-12(17(18,19)20)4-5-14(13)25-10-21-9-22-25/h4-6,9-11H,3,7-8H2,1-2H3,(H,23,26)(H,27,28)/t11-/m0/s1. The molecule has 0 radical (unpaired) electrons. The van der Waals surface area contributed by atoms with Crippen LogP contribution in [0.3, 0.4) is 0 Å². The van der Waals surface area contributed by atoms with Crippen LogP contribution in [0.2, 0.25) is 0 Å². The Morgan fingerprint density at radius 2 is 2.04 bits per heavy atom. The third-order valence-corrected chi connectivity index (χ3v) is 4.16. The van der Waals surface area contributed by atoms with E-state index in [1.165, 1.54) is 28.3 Å². The summed E-state index contributed by atoms with van der Waals surface area (Å²) >= 11 is 0. The second-order valence-corrected chi connectivity index (χ2v) is 6.17. The molecule has 28 heavy (non-hydrogen) atoms. The Balaban J connectivity index is 2.29. The molecule has 0 saturated carbocycles. The van der Waals surface area contributed by atoms with Crippen molar-refractivity contribution < 1.29 is 27.9 Å². The first-order chi connectivity index (χ1) is 13.1. The van der Waals surface area contributed by atoms with Crippen molar-refractivity contribution in [1.82, 2.24) is 19.7 Å². The van der Waals surface area contributed by atoms with E-state index in [-0.39, 0.29) is 30.5 Å². The van der Waals surface area contributed by atoms with Gasteiger partial charge in [-0.25, -0.2) is 9.67 Å². The smallest absolute Gasteiger partial charge is 0.416 e. The zero-order valence-corrected chi connectivity index (χ0v) is 15.3. The van der Waals surface area contributed by atoms with E-state index in [1.807, 2.05) is 6.92 Å². The van der Waals surface area contributed by atoms with Crippen LogP contribution in [0.25, 0.3) is 5.69 Å². The van der Waals surface area contributed by atoms with Crippen LogP contribution in [0, 0.1) is 0 Å². The number of aliphatic carboxylic acids is 1. The van der Waals surface area contributed by atoms with Gasteiger partial charge in [-0.05, 0) is 31.5 Å². The number of alkyl halides is 3. The summed E-state index contributed by atoms with van der Waals surface area (Å²) in [6, 6.07) is 2.66. The highest BCUT2D eigenvalue weighted by molar-refractivity contribution is 5.94. The van der Waals surface area contributed by atoms with Gasteiger partial charge in [0.1, 0.15) is 12.7 Å². The van der Waals surface area contributed by atoms with Crippen LogP contribution in [-0.4, -0.2) is 55.8 Å². The second-order valence-electron chi connectivity index (χ2n) is 6.17. The summed E-state index contributed by atoms with van der Waals surface area (Å²) < 4.78 is 40.4. The predicted octanol–water partition coefficient (Wildman–Crippen LogP) is 2.41. The Morgan fingerprint density at radius 3 is 2.57 bits per heavy atom. The number of anilines is 1. The number of hydrogen-bond acceptors (Lipinski definition) is 5. The SMILES string of the molecule is CC[C@H](C)N(CC(=O)O)CC(=O)Nc1cc(C(F)(F)F)ccc1-n1cncn1. The number of amides is 1. The number of halogens is 3. The lowest BCUT2D eigenvalue weighted by atomic mass is 10.1. The molecule has 0 unspecified atom stereocenters. The number of nitrogens with one attached hydrogen (secondary N) is 1. The summed E-state index contributed by atoms with van der Waals surface area (Å²) in [6.45, 7) is 2.96. The number of nitrogens with zero attached hydrogens (tertiary/aromatic N) is 4. The van der Waals surface area contributed by atoms with Gasteiger partial charge in [0.2, 0.25) is 5.91 Å². The van der Waals surface area contributed by atoms with E-state index in [4.69, 9.17) is 5.11 Å². The largest absolute Gasteiger partial charge is 0.480 e. The van der Waals surface area contributed by atoms with E-state index in [1.54, 1.807) is 6.92 Å². The molecule has 1 aromatic heterocycles. The zero-order valence-electron chi connectivity index (χ0n) is 15.3. The van der Waals surface area contributed by atoms with E-state index in [0.717, 1.165) is 12.1 Å². The lowest BCUT2D eigenvalue weighted by Gasteiger charge is -2.26. The number of carbonyl (C=O) groups is 2. The molecule has 1 aromatic carbocycles. The molecule has 2 aromatic rings. The van der Waals surface area contributed by atoms with Crippen LogP contribution in [0.1, 0.15) is 25.8 Å². The summed E-state index contributed by atoms with van der Waals surface area (Å²) in [5.74, 6) is -1.74. The zero-order chi connectivity index (χ0) is 20.9. The van der Waals surface area contributed by atoms with Gasteiger partial charge in [-0.2, -0.15) is 18.3 Å². The maximum Gasteiger partial charge on any atom is 0.416 e. The van der Waals surface area contributed by atoms with E-state index in [9.17, 15) is 22.8 Å². The van der Waals surface area contributed by atoms with Crippen LogP contribution in [0.4, 0.5) is 18.9 Å². The van der Waals surface area contributed by atoms with Gasteiger partial charge in [0.25, 0.3) is 0 Å². The molecule has 2 N–H and O–H groups in total. The van der Waals surface area contributed by atoms with Crippen LogP contribution in [-0.2, 0) is 15.8 Å². The monoisotopic (exact) mass is 399 g/mol. The van der Waals surface area contributed by atoms with Crippen molar-refractivity contribution in [3.63, 3.8) is 0 Å². The van der Waals surface area contributed by atoms with Crippen LogP contribution >= 0.6 is 0 Å². The van der Waals surface area contributed by atoms with Crippen molar-refractivity contribution in [2.75, 3.05) is 18.4 Å². The Kier molecular flexibility index (Phi) is 6.73. The fourth-order valence-corrected chi connectivity index (χ4v) is 2.52. The van der Waals surface area contributed by atoms with Gasteiger partial charge in [0, 0.05) is 6.04 Å². The van der Waals surface area contributed by atoms with Crippen LogP contribution in [0.15, 0.2) is 30.9 Å². The summed E-state index contributed by atoms with van der Waals surface area (Å²) in [5, 5.41) is 15.3. The maximum atomic E-state index is 13.1. The van der Waals surface area contributed by atoms with Crippen molar-refractivity contribution >= 4 is 17.6 Å². The molecule has 0 spiro atoms. The van der Waals surface area contributed by atoms with E-state index >= 15 is 0 Å². The Bertz CT molecular complexity index is 824. The summed E-state index contributed by atoms with van der Waals surface area (Å²) in [4.78, 5) is 28.6. The highest BCUT2D eigenvalue weighted by Crippen LogP contribution is 2.33. The number of aromatic nitrogens is 3.